The number of anilines is 3. The van der Waals surface area contributed by atoms with Crippen molar-refractivity contribution in [3.8, 4) is 5.75 Å². The molecule has 134 valence electrons. The predicted octanol–water partition coefficient (Wildman–Crippen LogP) is 3.48. The number of aryl methyl sites for hydroxylation is 1. The van der Waals surface area contributed by atoms with Gasteiger partial charge < -0.3 is 10.4 Å². The van der Waals surface area contributed by atoms with Crippen molar-refractivity contribution in [1.82, 2.24) is 19.3 Å². The number of nitrogens with one attached hydrogen (secondary N) is 2. The molecule has 0 fully saturated rings. The smallest absolute Gasteiger partial charge is 0.332 e. The van der Waals surface area contributed by atoms with Crippen LogP contribution in [0, 0.1) is 6.92 Å². The van der Waals surface area contributed by atoms with E-state index in [0.29, 0.717) is 29.3 Å². The Kier molecular flexibility index (Phi) is 5.08. The van der Waals surface area contributed by atoms with Crippen LogP contribution in [0.5, 0.6) is 5.75 Å². The van der Waals surface area contributed by atoms with Gasteiger partial charge in [0, 0.05) is 12.2 Å². The van der Waals surface area contributed by atoms with Crippen molar-refractivity contribution in [2.75, 3.05) is 17.2 Å². The number of fused-ring (bicyclic) bond motifs is 1. The highest BCUT2D eigenvalue weighted by Gasteiger charge is 2.10. The normalized spacial score (nSPS) is 10.6. The standard InChI is InChI=1S/C17H18N6O2S/c1-3-23(26)17(25)22-14-7-5-12-16(20-14)21-15(9-18-12)19-11-4-6-13(24)10(2)8-11/h4-9,24,26H,3H2,1-2H3,(H2,19,20,21,22,25). The summed E-state index contributed by atoms with van der Waals surface area (Å²) in [5.41, 5.74) is 2.52. The number of aromatic hydroxyl groups is 1. The van der Waals surface area contributed by atoms with Gasteiger partial charge in [-0.1, -0.05) is 12.8 Å². The number of hydrogen-bond acceptors (Lipinski definition) is 7. The molecule has 0 saturated heterocycles. The molecule has 0 aliphatic carbocycles. The number of phenolic OH excluding ortho intramolecular Hbond substituents is 1. The summed E-state index contributed by atoms with van der Waals surface area (Å²) < 4.78 is 1.24. The number of benzene rings is 1. The molecule has 0 bridgehead atoms. The van der Waals surface area contributed by atoms with Gasteiger partial charge in [0.2, 0.25) is 0 Å². The molecule has 0 saturated carbocycles. The third kappa shape index (κ3) is 3.94. The van der Waals surface area contributed by atoms with E-state index < -0.39 is 0 Å². The maximum absolute atomic E-state index is 11.9. The maximum atomic E-state index is 11.9. The number of thiol groups is 1. The summed E-state index contributed by atoms with van der Waals surface area (Å²) in [4.78, 5) is 24.9. The van der Waals surface area contributed by atoms with E-state index in [4.69, 9.17) is 0 Å². The lowest BCUT2D eigenvalue weighted by molar-refractivity contribution is 0.240. The zero-order chi connectivity index (χ0) is 18.7. The first-order valence-corrected chi connectivity index (χ1v) is 8.34. The van der Waals surface area contributed by atoms with E-state index in [1.54, 1.807) is 36.5 Å². The fourth-order valence-corrected chi connectivity index (χ4v) is 2.28. The quantitative estimate of drug-likeness (QED) is 0.414. The van der Waals surface area contributed by atoms with E-state index in [1.165, 1.54) is 4.31 Å². The van der Waals surface area contributed by atoms with Crippen LogP contribution < -0.4 is 10.6 Å². The summed E-state index contributed by atoms with van der Waals surface area (Å²) in [5, 5.41) is 15.4. The first-order chi connectivity index (χ1) is 12.5. The first-order valence-electron chi connectivity index (χ1n) is 7.94. The Morgan fingerprint density at radius 3 is 2.73 bits per heavy atom. The van der Waals surface area contributed by atoms with Gasteiger partial charge in [-0.25, -0.2) is 19.7 Å². The lowest BCUT2D eigenvalue weighted by Crippen LogP contribution is -2.27. The number of nitrogens with zero attached hydrogens (tertiary/aromatic N) is 4. The van der Waals surface area contributed by atoms with Crippen LogP contribution in [0.3, 0.4) is 0 Å². The molecule has 3 N–H and O–H groups in total. The van der Waals surface area contributed by atoms with Crippen molar-refractivity contribution >= 4 is 47.3 Å². The Balaban J connectivity index is 1.84. The van der Waals surface area contributed by atoms with Crippen molar-refractivity contribution in [2.24, 2.45) is 0 Å². The van der Waals surface area contributed by atoms with E-state index in [0.717, 1.165) is 11.3 Å². The summed E-state index contributed by atoms with van der Waals surface area (Å²) >= 11 is 4.05. The lowest BCUT2D eigenvalue weighted by Gasteiger charge is -2.13. The molecule has 0 radical (unpaired) electrons. The van der Waals surface area contributed by atoms with Crippen molar-refractivity contribution in [1.29, 1.82) is 0 Å². The minimum absolute atomic E-state index is 0.229. The third-order valence-electron chi connectivity index (χ3n) is 3.64. The topological polar surface area (TPSA) is 103 Å². The number of hydrogen-bond donors (Lipinski definition) is 4. The molecule has 26 heavy (non-hydrogen) atoms. The summed E-state index contributed by atoms with van der Waals surface area (Å²) in [7, 11) is 0. The number of urea groups is 1. The van der Waals surface area contributed by atoms with E-state index in [2.05, 4.69) is 38.4 Å². The van der Waals surface area contributed by atoms with E-state index in [-0.39, 0.29) is 11.8 Å². The van der Waals surface area contributed by atoms with Crippen LogP contribution in [0.4, 0.5) is 22.1 Å². The highest BCUT2D eigenvalue weighted by Crippen LogP contribution is 2.23. The molecule has 0 spiro atoms. The Morgan fingerprint density at radius 2 is 2.00 bits per heavy atom. The number of aromatic nitrogens is 3. The molecule has 9 heteroatoms. The second-order valence-corrected chi connectivity index (χ2v) is 6.05. The molecule has 3 rings (SSSR count). The van der Waals surface area contributed by atoms with Crippen LogP contribution in [0.2, 0.25) is 0 Å². The monoisotopic (exact) mass is 370 g/mol. The largest absolute Gasteiger partial charge is 0.508 e. The van der Waals surface area contributed by atoms with E-state index in [1.807, 2.05) is 13.8 Å². The van der Waals surface area contributed by atoms with Crippen molar-refractivity contribution in [2.45, 2.75) is 13.8 Å². The van der Waals surface area contributed by atoms with Gasteiger partial charge >= 0.3 is 6.03 Å². The number of pyridine rings is 1. The van der Waals surface area contributed by atoms with Crippen LogP contribution in [0.1, 0.15) is 12.5 Å². The molecular formula is C17H18N6O2S. The number of carbonyl (C=O) groups is 1. The van der Waals surface area contributed by atoms with Crippen LogP contribution in [-0.2, 0) is 0 Å². The molecule has 2 aromatic heterocycles. The molecule has 0 aliphatic rings. The van der Waals surface area contributed by atoms with Gasteiger partial charge in [0.25, 0.3) is 0 Å². The van der Waals surface area contributed by atoms with Crippen LogP contribution in [0.15, 0.2) is 36.5 Å². The number of rotatable bonds is 4. The van der Waals surface area contributed by atoms with Crippen molar-refractivity contribution < 1.29 is 9.90 Å². The summed E-state index contributed by atoms with van der Waals surface area (Å²) in [6, 6.07) is 8.16. The fraction of sp³-hybridized carbons (Fsp3) is 0.176. The SMILES string of the molecule is CCN(S)C(=O)Nc1ccc2ncc(Nc3ccc(O)c(C)c3)nc2n1. The molecule has 2 amide bonds. The van der Waals surface area contributed by atoms with Crippen molar-refractivity contribution in [3.63, 3.8) is 0 Å². The molecule has 1 aromatic carbocycles. The fourth-order valence-electron chi connectivity index (χ4n) is 2.23. The second-order valence-electron chi connectivity index (χ2n) is 5.57. The lowest BCUT2D eigenvalue weighted by atomic mass is 10.2. The highest BCUT2D eigenvalue weighted by molar-refractivity contribution is 7.78. The van der Waals surface area contributed by atoms with Crippen LogP contribution in [-0.4, -0.2) is 36.9 Å². The summed E-state index contributed by atoms with van der Waals surface area (Å²) in [6.07, 6.45) is 1.59. The predicted molar refractivity (Wildman–Crippen MR) is 104 cm³/mol. The molecule has 0 aliphatic heterocycles. The molecule has 0 atom stereocenters. The van der Waals surface area contributed by atoms with Crippen LogP contribution >= 0.6 is 12.8 Å². The third-order valence-corrected chi connectivity index (χ3v) is 4.11. The van der Waals surface area contributed by atoms with Gasteiger partial charge in [-0.3, -0.25) is 9.62 Å². The zero-order valence-electron chi connectivity index (χ0n) is 14.3. The summed E-state index contributed by atoms with van der Waals surface area (Å²) in [6.45, 7) is 4.08. The summed E-state index contributed by atoms with van der Waals surface area (Å²) in [5.74, 6) is 1.09. The molecular weight excluding hydrogens is 352 g/mol. The Morgan fingerprint density at radius 1 is 1.23 bits per heavy atom. The van der Waals surface area contributed by atoms with E-state index >= 15 is 0 Å². The molecule has 8 nitrogen and oxygen atoms in total. The maximum Gasteiger partial charge on any atom is 0.332 e. The molecule has 3 aromatic rings. The van der Waals surface area contributed by atoms with Gasteiger partial charge in [-0.05, 0) is 49.7 Å². The zero-order valence-corrected chi connectivity index (χ0v) is 15.2. The van der Waals surface area contributed by atoms with Gasteiger partial charge in [0.15, 0.2) is 11.5 Å². The molecule has 2 heterocycles. The first kappa shape index (κ1) is 17.7. The Hall–Kier alpha value is -3.07. The van der Waals surface area contributed by atoms with Crippen LogP contribution in [0.25, 0.3) is 11.2 Å². The minimum atomic E-state index is -0.371. The van der Waals surface area contributed by atoms with E-state index in [9.17, 15) is 9.90 Å². The van der Waals surface area contributed by atoms with Crippen molar-refractivity contribution in [3.05, 3.63) is 42.1 Å². The Bertz CT molecular complexity index is 965. The molecule has 0 unspecified atom stereocenters. The number of amides is 2. The second kappa shape index (κ2) is 7.44. The Labute approximate surface area is 155 Å². The van der Waals surface area contributed by atoms with Gasteiger partial charge in [0.05, 0.1) is 6.20 Å². The number of carbonyl (C=O) groups excluding carboxylic acids is 1. The average molecular weight is 370 g/mol. The van der Waals surface area contributed by atoms with Gasteiger partial charge in [0.1, 0.15) is 17.1 Å². The van der Waals surface area contributed by atoms with Gasteiger partial charge in [-0.2, -0.15) is 0 Å². The number of phenols is 1. The highest BCUT2D eigenvalue weighted by atomic mass is 32.1. The minimum Gasteiger partial charge on any atom is -0.508 e. The van der Waals surface area contributed by atoms with Gasteiger partial charge in [-0.15, -0.1) is 0 Å². The average Bonchev–Trinajstić information content (AvgIpc) is 2.63.